The number of rotatable bonds is 3. The molecule has 0 aliphatic carbocycles. The van der Waals surface area contributed by atoms with Gasteiger partial charge < -0.3 is 10.2 Å². The first kappa shape index (κ1) is 10.9. The third-order valence-electron chi connectivity index (χ3n) is 3.81. The number of nitrogens with zero attached hydrogens (tertiary/aromatic N) is 1. The molecule has 0 aromatic rings. The number of nitrogens with one attached hydrogen (secondary N) is 1. The Morgan fingerprint density at radius 1 is 1.33 bits per heavy atom. The second-order valence-corrected chi connectivity index (χ2v) is 4.97. The van der Waals surface area contributed by atoms with Gasteiger partial charge in [-0.2, -0.15) is 0 Å². The minimum Gasteiger partial charge on any atom is -0.342 e. The van der Waals surface area contributed by atoms with Crippen molar-refractivity contribution < 1.29 is 4.79 Å². The summed E-state index contributed by atoms with van der Waals surface area (Å²) in [6.07, 6.45) is 4.41. The van der Waals surface area contributed by atoms with E-state index < -0.39 is 0 Å². The van der Waals surface area contributed by atoms with Crippen LogP contribution in [-0.4, -0.2) is 37.0 Å². The minimum absolute atomic E-state index is 0.389. The predicted molar refractivity (Wildman–Crippen MR) is 60.6 cm³/mol. The molecule has 3 nitrogen and oxygen atoms in total. The summed E-state index contributed by atoms with van der Waals surface area (Å²) in [4.78, 5) is 13.8. The topological polar surface area (TPSA) is 32.3 Å². The monoisotopic (exact) mass is 210 g/mol. The van der Waals surface area contributed by atoms with Gasteiger partial charge in [-0.1, -0.05) is 13.3 Å². The number of carbonyl (C=O) groups is 1. The lowest BCUT2D eigenvalue weighted by atomic mass is 9.97. The van der Waals surface area contributed by atoms with Crippen LogP contribution >= 0.6 is 0 Å². The fourth-order valence-electron chi connectivity index (χ4n) is 2.68. The zero-order chi connectivity index (χ0) is 10.7. The summed E-state index contributed by atoms with van der Waals surface area (Å²) >= 11 is 0. The molecule has 2 aliphatic heterocycles. The van der Waals surface area contributed by atoms with E-state index in [0.717, 1.165) is 44.9 Å². The molecule has 2 fully saturated rings. The van der Waals surface area contributed by atoms with Gasteiger partial charge >= 0.3 is 0 Å². The summed E-state index contributed by atoms with van der Waals surface area (Å²) in [5, 5.41) is 3.37. The van der Waals surface area contributed by atoms with E-state index in [1.54, 1.807) is 0 Å². The quantitative estimate of drug-likeness (QED) is 0.760. The average molecular weight is 210 g/mol. The van der Waals surface area contributed by atoms with Gasteiger partial charge in [0.05, 0.1) is 0 Å². The molecule has 0 saturated carbocycles. The van der Waals surface area contributed by atoms with Gasteiger partial charge in [0.1, 0.15) is 0 Å². The van der Waals surface area contributed by atoms with Crippen LogP contribution in [0.1, 0.15) is 32.6 Å². The molecule has 15 heavy (non-hydrogen) atoms. The third-order valence-corrected chi connectivity index (χ3v) is 3.81. The Balaban J connectivity index is 1.81. The molecule has 0 radical (unpaired) electrons. The first-order chi connectivity index (χ1) is 7.29. The Kier molecular flexibility index (Phi) is 3.62. The van der Waals surface area contributed by atoms with E-state index in [1.165, 1.54) is 12.8 Å². The van der Waals surface area contributed by atoms with Crippen LogP contribution in [-0.2, 0) is 4.79 Å². The van der Waals surface area contributed by atoms with E-state index in [1.807, 2.05) is 0 Å². The van der Waals surface area contributed by atoms with E-state index in [4.69, 9.17) is 0 Å². The molecule has 0 aromatic carbocycles. The maximum absolute atomic E-state index is 11.7. The highest BCUT2D eigenvalue weighted by Gasteiger charge is 2.30. The van der Waals surface area contributed by atoms with Gasteiger partial charge in [-0.25, -0.2) is 0 Å². The van der Waals surface area contributed by atoms with Crippen LogP contribution in [0.2, 0.25) is 0 Å². The van der Waals surface area contributed by atoms with E-state index in [2.05, 4.69) is 17.1 Å². The van der Waals surface area contributed by atoms with E-state index in [-0.39, 0.29) is 0 Å². The van der Waals surface area contributed by atoms with Crippen LogP contribution in [0.15, 0.2) is 0 Å². The molecule has 1 unspecified atom stereocenters. The Bertz CT molecular complexity index is 224. The van der Waals surface area contributed by atoms with Crippen LogP contribution in [0.3, 0.4) is 0 Å². The van der Waals surface area contributed by atoms with Crippen molar-refractivity contribution in [1.29, 1.82) is 0 Å². The molecule has 3 heteroatoms. The molecule has 2 rings (SSSR count). The lowest BCUT2D eigenvalue weighted by Crippen LogP contribution is -2.36. The number of piperidine rings is 1. The number of hydrogen-bond acceptors (Lipinski definition) is 2. The van der Waals surface area contributed by atoms with Gasteiger partial charge in [0, 0.05) is 19.5 Å². The van der Waals surface area contributed by atoms with Gasteiger partial charge in [0.15, 0.2) is 0 Å². The van der Waals surface area contributed by atoms with Crippen molar-refractivity contribution in [1.82, 2.24) is 10.2 Å². The highest BCUT2D eigenvalue weighted by Crippen LogP contribution is 2.23. The Labute approximate surface area is 92.2 Å². The van der Waals surface area contributed by atoms with Crippen molar-refractivity contribution in [3.05, 3.63) is 0 Å². The average Bonchev–Trinajstić information content (AvgIpc) is 2.61. The highest BCUT2D eigenvalue weighted by molar-refractivity contribution is 5.78. The molecular formula is C12H22N2O. The van der Waals surface area contributed by atoms with Crippen molar-refractivity contribution in [2.24, 2.45) is 11.8 Å². The van der Waals surface area contributed by atoms with Crippen LogP contribution in [0.5, 0.6) is 0 Å². The second-order valence-electron chi connectivity index (χ2n) is 4.97. The maximum atomic E-state index is 11.7. The zero-order valence-corrected chi connectivity index (χ0v) is 9.67. The van der Waals surface area contributed by atoms with Gasteiger partial charge in [-0.3, -0.25) is 4.79 Å². The van der Waals surface area contributed by atoms with Crippen LogP contribution in [0.25, 0.3) is 0 Å². The molecule has 1 atom stereocenters. The van der Waals surface area contributed by atoms with E-state index in [0.29, 0.717) is 11.8 Å². The molecule has 1 amide bonds. The lowest BCUT2D eigenvalue weighted by Gasteiger charge is -2.27. The molecular weight excluding hydrogens is 188 g/mol. The Hall–Kier alpha value is -0.570. The second kappa shape index (κ2) is 4.97. The predicted octanol–water partition coefficient (Wildman–Crippen LogP) is 1.24. The molecule has 0 aromatic heterocycles. The molecule has 2 aliphatic rings. The fraction of sp³-hybridized carbons (Fsp3) is 0.917. The lowest BCUT2D eigenvalue weighted by molar-refractivity contribution is -0.128. The normalized spacial score (nSPS) is 28.7. The molecule has 2 heterocycles. The maximum Gasteiger partial charge on any atom is 0.222 e. The zero-order valence-electron chi connectivity index (χ0n) is 9.67. The van der Waals surface area contributed by atoms with Gasteiger partial charge in [-0.15, -0.1) is 0 Å². The summed E-state index contributed by atoms with van der Waals surface area (Å²) in [5.74, 6) is 1.76. The molecule has 86 valence electrons. The molecule has 0 bridgehead atoms. The minimum atomic E-state index is 0.389. The van der Waals surface area contributed by atoms with E-state index in [9.17, 15) is 4.79 Å². The molecule has 2 saturated heterocycles. The standard InChI is InChI=1S/C12H22N2O/c1-2-10-7-12(15)14(8-10)9-11-3-5-13-6-4-11/h10-11,13H,2-9H2,1H3. The molecule has 1 N–H and O–H groups in total. The van der Waals surface area contributed by atoms with Crippen LogP contribution in [0, 0.1) is 11.8 Å². The summed E-state index contributed by atoms with van der Waals surface area (Å²) < 4.78 is 0. The van der Waals surface area contributed by atoms with E-state index >= 15 is 0 Å². The largest absolute Gasteiger partial charge is 0.342 e. The first-order valence-electron chi connectivity index (χ1n) is 6.28. The van der Waals surface area contributed by atoms with Crippen molar-refractivity contribution in [2.45, 2.75) is 32.6 Å². The first-order valence-corrected chi connectivity index (χ1v) is 6.28. The van der Waals surface area contributed by atoms with Crippen LogP contribution in [0.4, 0.5) is 0 Å². The number of likely N-dealkylation sites (tertiary alicyclic amines) is 1. The summed E-state index contributed by atoms with van der Waals surface area (Å²) in [6.45, 7) is 6.47. The summed E-state index contributed by atoms with van der Waals surface area (Å²) in [6, 6.07) is 0. The molecule has 0 spiro atoms. The number of carbonyl (C=O) groups excluding carboxylic acids is 1. The Morgan fingerprint density at radius 3 is 2.67 bits per heavy atom. The van der Waals surface area contributed by atoms with Crippen molar-refractivity contribution >= 4 is 5.91 Å². The fourth-order valence-corrected chi connectivity index (χ4v) is 2.68. The SMILES string of the molecule is CCC1CC(=O)N(CC2CCNCC2)C1. The van der Waals surface area contributed by atoms with Gasteiger partial charge in [0.2, 0.25) is 5.91 Å². The Morgan fingerprint density at radius 2 is 2.07 bits per heavy atom. The van der Waals surface area contributed by atoms with Crippen molar-refractivity contribution in [3.63, 3.8) is 0 Å². The third kappa shape index (κ3) is 2.71. The summed E-state index contributed by atoms with van der Waals surface area (Å²) in [5.41, 5.74) is 0. The van der Waals surface area contributed by atoms with Crippen LogP contribution < -0.4 is 5.32 Å². The van der Waals surface area contributed by atoms with Gasteiger partial charge in [-0.05, 0) is 37.8 Å². The number of hydrogen-bond donors (Lipinski definition) is 1. The smallest absolute Gasteiger partial charge is 0.222 e. The highest BCUT2D eigenvalue weighted by atomic mass is 16.2. The summed E-state index contributed by atoms with van der Waals surface area (Å²) in [7, 11) is 0. The number of amides is 1. The van der Waals surface area contributed by atoms with Crippen molar-refractivity contribution in [3.8, 4) is 0 Å². The van der Waals surface area contributed by atoms with Gasteiger partial charge in [0.25, 0.3) is 0 Å². The van der Waals surface area contributed by atoms with Crippen molar-refractivity contribution in [2.75, 3.05) is 26.2 Å².